The highest BCUT2D eigenvalue weighted by atomic mass is 79.9. The molecule has 1 aliphatic carbocycles. The zero-order valence-electron chi connectivity index (χ0n) is 11.6. The van der Waals surface area contributed by atoms with E-state index in [0.717, 1.165) is 35.8 Å². The smallest absolute Gasteiger partial charge is 0.337 e. The molecule has 2 unspecified atom stereocenters. The lowest BCUT2D eigenvalue weighted by atomic mass is 10.1. The molecule has 1 aromatic rings. The van der Waals surface area contributed by atoms with Crippen LogP contribution in [0.3, 0.4) is 0 Å². The lowest BCUT2D eigenvalue weighted by molar-refractivity contribution is 0.0600. The van der Waals surface area contributed by atoms with Crippen LogP contribution in [-0.4, -0.2) is 30.8 Å². The van der Waals surface area contributed by atoms with E-state index in [-0.39, 0.29) is 12.1 Å². The van der Waals surface area contributed by atoms with Crippen LogP contribution in [0.25, 0.3) is 0 Å². The average molecular weight is 342 g/mol. The molecule has 20 heavy (non-hydrogen) atoms. The van der Waals surface area contributed by atoms with Crippen molar-refractivity contribution in [3.63, 3.8) is 0 Å². The van der Waals surface area contributed by atoms with Crippen LogP contribution in [0.4, 0.5) is 0 Å². The molecule has 2 N–H and O–H groups in total. The molecule has 0 saturated heterocycles. The third-order valence-corrected chi connectivity index (χ3v) is 4.55. The standard InChI is InChI=1S/C15H20BrNO3/c1-20-15(19)10-5-6-11(13(16)7-10)8-17-9-12-3-2-4-14(12)18/h5-7,12,14,17-18H,2-4,8-9H2,1H3. The number of nitrogens with one attached hydrogen (secondary N) is 1. The summed E-state index contributed by atoms with van der Waals surface area (Å²) in [6.45, 7) is 1.54. The van der Waals surface area contributed by atoms with Crippen molar-refractivity contribution in [2.75, 3.05) is 13.7 Å². The summed E-state index contributed by atoms with van der Waals surface area (Å²) in [5.41, 5.74) is 1.62. The van der Waals surface area contributed by atoms with E-state index >= 15 is 0 Å². The number of aliphatic hydroxyl groups excluding tert-OH is 1. The van der Waals surface area contributed by atoms with Gasteiger partial charge in [-0.2, -0.15) is 0 Å². The number of aliphatic hydroxyl groups is 1. The zero-order chi connectivity index (χ0) is 14.5. The van der Waals surface area contributed by atoms with Gasteiger partial charge in [-0.1, -0.05) is 28.4 Å². The molecule has 0 radical (unpaired) electrons. The summed E-state index contributed by atoms with van der Waals surface area (Å²) in [5.74, 6) is 0.0300. The molecule has 110 valence electrons. The van der Waals surface area contributed by atoms with Gasteiger partial charge in [0.25, 0.3) is 0 Å². The normalized spacial score (nSPS) is 21.9. The van der Waals surface area contributed by atoms with Gasteiger partial charge in [0.2, 0.25) is 0 Å². The lowest BCUT2D eigenvalue weighted by Gasteiger charge is -2.15. The Hall–Kier alpha value is -0.910. The number of benzene rings is 1. The molecule has 0 aliphatic heterocycles. The topological polar surface area (TPSA) is 58.6 Å². The quantitative estimate of drug-likeness (QED) is 0.808. The second kappa shape index (κ2) is 7.20. The summed E-state index contributed by atoms with van der Waals surface area (Å²) >= 11 is 3.47. The Labute approximate surface area is 127 Å². The van der Waals surface area contributed by atoms with Gasteiger partial charge in [0, 0.05) is 17.6 Å². The number of ether oxygens (including phenoxy) is 1. The number of esters is 1. The van der Waals surface area contributed by atoms with Crippen molar-refractivity contribution < 1.29 is 14.6 Å². The Kier molecular flexibility index (Phi) is 5.57. The predicted octanol–water partition coefficient (Wildman–Crippen LogP) is 2.49. The summed E-state index contributed by atoms with van der Waals surface area (Å²) in [6.07, 6.45) is 2.97. The highest BCUT2D eigenvalue weighted by Crippen LogP contribution is 2.25. The van der Waals surface area contributed by atoms with Crippen LogP contribution in [0.2, 0.25) is 0 Å². The molecule has 4 nitrogen and oxygen atoms in total. The van der Waals surface area contributed by atoms with Gasteiger partial charge in [0.1, 0.15) is 0 Å². The van der Waals surface area contributed by atoms with E-state index in [9.17, 15) is 9.90 Å². The highest BCUT2D eigenvalue weighted by molar-refractivity contribution is 9.10. The average Bonchev–Trinajstić information content (AvgIpc) is 2.85. The Bertz CT molecular complexity index is 478. The Balaban J connectivity index is 1.88. The van der Waals surface area contributed by atoms with Crippen molar-refractivity contribution in [2.45, 2.75) is 31.9 Å². The van der Waals surface area contributed by atoms with Crippen molar-refractivity contribution in [1.29, 1.82) is 0 Å². The number of halogens is 1. The van der Waals surface area contributed by atoms with Crippen molar-refractivity contribution >= 4 is 21.9 Å². The van der Waals surface area contributed by atoms with Crippen molar-refractivity contribution in [2.24, 2.45) is 5.92 Å². The maximum absolute atomic E-state index is 11.4. The molecule has 0 bridgehead atoms. The fourth-order valence-electron chi connectivity index (χ4n) is 2.58. The zero-order valence-corrected chi connectivity index (χ0v) is 13.1. The highest BCUT2D eigenvalue weighted by Gasteiger charge is 2.24. The van der Waals surface area contributed by atoms with Crippen LogP contribution in [0.1, 0.15) is 35.2 Å². The number of hydrogen-bond donors (Lipinski definition) is 2. The second-order valence-electron chi connectivity index (χ2n) is 5.19. The van der Waals surface area contributed by atoms with Gasteiger partial charge in [0.15, 0.2) is 0 Å². The molecular weight excluding hydrogens is 322 g/mol. The van der Waals surface area contributed by atoms with Crippen LogP contribution in [0.15, 0.2) is 22.7 Å². The Morgan fingerprint density at radius 1 is 1.50 bits per heavy atom. The monoisotopic (exact) mass is 341 g/mol. The minimum absolute atomic E-state index is 0.160. The number of carbonyl (C=O) groups is 1. The summed E-state index contributed by atoms with van der Waals surface area (Å²) in [6, 6.07) is 5.44. The van der Waals surface area contributed by atoms with E-state index in [1.54, 1.807) is 12.1 Å². The minimum Gasteiger partial charge on any atom is -0.465 e. The lowest BCUT2D eigenvalue weighted by Crippen LogP contribution is -2.27. The second-order valence-corrected chi connectivity index (χ2v) is 6.04. The fourth-order valence-corrected chi connectivity index (χ4v) is 3.10. The molecule has 0 amide bonds. The number of methoxy groups -OCH3 is 1. The molecular formula is C15H20BrNO3. The van der Waals surface area contributed by atoms with Gasteiger partial charge >= 0.3 is 5.97 Å². The van der Waals surface area contributed by atoms with E-state index in [4.69, 9.17) is 0 Å². The van der Waals surface area contributed by atoms with Crippen LogP contribution in [-0.2, 0) is 11.3 Å². The molecule has 0 spiro atoms. The van der Waals surface area contributed by atoms with Gasteiger partial charge in [-0.25, -0.2) is 4.79 Å². The van der Waals surface area contributed by atoms with Gasteiger partial charge in [0.05, 0.1) is 18.8 Å². The molecule has 0 heterocycles. The van der Waals surface area contributed by atoms with Crippen LogP contribution >= 0.6 is 15.9 Å². The maximum Gasteiger partial charge on any atom is 0.337 e. The SMILES string of the molecule is COC(=O)c1ccc(CNCC2CCCC2O)c(Br)c1. The van der Waals surface area contributed by atoms with Crippen LogP contribution < -0.4 is 5.32 Å². The van der Waals surface area contributed by atoms with Crippen molar-refractivity contribution in [3.05, 3.63) is 33.8 Å². The van der Waals surface area contributed by atoms with E-state index < -0.39 is 0 Å². The first kappa shape index (κ1) is 15.5. The molecule has 0 aromatic heterocycles. The van der Waals surface area contributed by atoms with Gasteiger partial charge in [-0.05, 0) is 36.5 Å². The first-order chi connectivity index (χ1) is 9.61. The van der Waals surface area contributed by atoms with Gasteiger partial charge in [-0.15, -0.1) is 0 Å². The third-order valence-electron chi connectivity index (χ3n) is 3.82. The third kappa shape index (κ3) is 3.81. The summed E-state index contributed by atoms with van der Waals surface area (Å²) in [7, 11) is 1.37. The molecule has 1 aliphatic rings. The van der Waals surface area contributed by atoms with Crippen LogP contribution in [0, 0.1) is 5.92 Å². The summed E-state index contributed by atoms with van der Waals surface area (Å²) < 4.78 is 5.58. The molecule has 2 atom stereocenters. The minimum atomic E-state index is -0.334. The predicted molar refractivity (Wildman–Crippen MR) is 80.5 cm³/mol. The largest absolute Gasteiger partial charge is 0.465 e. The van der Waals surface area contributed by atoms with Crippen molar-refractivity contribution in [1.82, 2.24) is 5.32 Å². The van der Waals surface area contributed by atoms with E-state index in [0.29, 0.717) is 18.0 Å². The van der Waals surface area contributed by atoms with E-state index in [1.165, 1.54) is 7.11 Å². The summed E-state index contributed by atoms with van der Waals surface area (Å²) in [5, 5.41) is 13.1. The number of hydrogen-bond acceptors (Lipinski definition) is 4. The van der Waals surface area contributed by atoms with Crippen molar-refractivity contribution in [3.8, 4) is 0 Å². The summed E-state index contributed by atoms with van der Waals surface area (Å²) in [4.78, 5) is 11.4. The molecule has 2 rings (SSSR count). The molecule has 1 saturated carbocycles. The van der Waals surface area contributed by atoms with Gasteiger partial charge in [-0.3, -0.25) is 0 Å². The van der Waals surface area contributed by atoms with E-state index in [1.807, 2.05) is 6.07 Å². The molecule has 5 heteroatoms. The van der Waals surface area contributed by atoms with Crippen LogP contribution in [0.5, 0.6) is 0 Å². The molecule has 1 fully saturated rings. The van der Waals surface area contributed by atoms with Gasteiger partial charge < -0.3 is 15.2 Å². The first-order valence-electron chi connectivity index (χ1n) is 6.87. The number of carbonyl (C=O) groups excluding carboxylic acids is 1. The number of rotatable bonds is 5. The fraction of sp³-hybridized carbons (Fsp3) is 0.533. The first-order valence-corrected chi connectivity index (χ1v) is 7.66. The Morgan fingerprint density at radius 3 is 2.90 bits per heavy atom. The van der Waals surface area contributed by atoms with E-state index in [2.05, 4.69) is 26.0 Å². The molecule has 1 aromatic carbocycles. The maximum atomic E-state index is 11.4. The Morgan fingerprint density at radius 2 is 2.30 bits per heavy atom.